The van der Waals surface area contributed by atoms with Gasteiger partial charge in [-0.05, 0) is 69.6 Å². The first kappa shape index (κ1) is 16.6. The summed E-state index contributed by atoms with van der Waals surface area (Å²) < 4.78 is 5.46. The minimum absolute atomic E-state index is 0.0830. The number of amides is 1. The second-order valence-electron chi connectivity index (χ2n) is 6.68. The van der Waals surface area contributed by atoms with E-state index in [0.29, 0.717) is 11.8 Å². The number of likely N-dealkylation sites (tertiary alicyclic amines) is 1. The number of anilines is 1. The normalized spacial score (nSPS) is 16.3. The summed E-state index contributed by atoms with van der Waals surface area (Å²) in [5.41, 5.74) is 2.68. The zero-order valence-corrected chi connectivity index (χ0v) is 14.5. The molecule has 0 spiro atoms. The Bertz CT molecular complexity index is 718. The van der Waals surface area contributed by atoms with Crippen LogP contribution < -0.4 is 5.32 Å². The van der Waals surface area contributed by atoms with Gasteiger partial charge >= 0.3 is 0 Å². The van der Waals surface area contributed by atoms with Gasteiger partial charge in [0.05, 0.1) is 0 Å². The lowest BCUT2D eigenvalue weighted by molar-refractivity contribution is -0.114. The van der Waals surface area contributed by atoms with E-state index in [1.54, 1.807) is 0 Å². The quantitative estimate of drug-likeness (QED) is 0.934. The highest BCUT2D eigenvalue weighted by atomic mass is 16.5. The van der Waals surface area contributed by atoms with E-state index in [-0.39, 0.29) is 5.91 Å². The topological polar surface area (TPSA) is 71.3 Å². The molecule has 0 bridgehead atoms. The molecular formula is C18H24N4O2. The first-order valence-corrected chi connectivity index (χ1v) is 8.41. The zero-order valence-electron chi connectivity index (χ0n) is 14.5. The van der Waals surface area contributed by atoms with Gasteiger partial charge in [-0.15, -0.1) is 0 Å². The fourth-order valence-electron chi connectivity index (χ4n) is 3.16. The molecule has 0 aliphatic carbocycles. The van der Waals surface area contributed by atoms with Crippen molar-refractivity contribution in [2.75, 3.05) is 25.5 Å². The minimum Gasteiger partial charge on any atom is -0.334 e. The third-order valence-corrected chi connectivity index (χ3v) is 4.55. The van der Waals surface area contributed by atoms with Gasteiger partial charge in [0.1, 0.15) is 0 Å². The SMILES string of the molecule is CC(=O)Nc1ccc(-c2nc(CC3CCN(C)CC3)no2)c(C)c1. The fraction of sp³-hybridized carbons (Fsp3) is 0.500. The molecule has 3 rings (SSSR count). The van der Waals surface area contributed by atoms with E-state index in [9.17, 15) is 4.79 Å². The smallest absolute Gasteiger partial charge is 0.258 e. The molecule has 6 nitrogen and oxygen atoms in total. The van der Waals surface area contributed by atoms with Crippen molar-refractivity contribution < 1.29 is 9.32 Å². The summed E-state index contributed by atoms with van der Waals surface area (Å²) in [6.07, 6.45) is 3.25. The van der Waals surface area contributed by atoms with E-state index in [0.717, 1.165) is 42.1 Å². The Morgan fingerprint density at radius 1 is 1.38 bits per heavy atom. The minimum atomic E-state index is -0.0830. The van der Waals surface area contributed by atoms with Gasteiger partial charge in [-0.25, -0.2) is 0 Å². The summed E-state index contributed by atoms with van der Waals surface area (Å²) in [6, 6.07) is 5.68. The van der Waals surface area contributed by atoms with Crippen molar-refractivity contribution in [1.82, 2.24) is 15.0 Å². The van der Waals surface area contributed by atoms with Gasteiger partial charge < -0.3 is 14.7 Å². The summed E-state index contributed by atoms with van der Waals surface area (Å²) in [5.74, 6) is 1.88. The molecule has 1 aromatic carbocycles. The number of benzene rings is 1. The van der Waals surface area contributed by atoms with Crippen LogP contribution in [-0.2, 0) is 11.2 Å². The highest BCUT2D eigenvalue weighted by molar-refractivity contribution is 5.89. The van der Waals surface area contributed by atoms with Gasteiger partial charge in [0, 0.05) is 24.6 Å². The second-order valence-corrected chi connectivity index (χ2v) is 6.68. The van der Waals surface area contributed by atoms with Crippen molar-refractivity contribution in [3.63, 3.8) is 0 Å². The first-order chi connectivity index (χ1) is 11.5. The van der Waals surface area contributed by atoms with E-state index >= 15 is 0 Å². The lowest BCUT2D eigenvalue weighted by Gasteiger charge is -2.27. The van der Waals surface area contributed by atoms with Crippen LogP contribution in [0.1, 0.15) is 31.2 Å². The number of piperidine rings is 1. The average molecular weight is 328 g/mol. The molecule has 128 valence electrons. The molecule has 24 heavy (non-hydrogen) atoms. The number of hydrogen-bond acceptors (Lipinski definition) is 5. The standard InChI is InChI=1S/C18H24N4O2/c1-12-10-15(19-13(2)23)4-5-16(12)18-20-17(21-24-18)11-14-6-8-22(3)9-7-14/h4-5,10,14H,6-9,11H2,1-3H3,(H,19,23). The number of nitrogens with zero attached hydrogens (tertiary/aromatic N) is 3. The van der Waals surface area contributed by atoms with Crippen LogP contribution in [-0.4, -0.2) is 41.1 Å². The number of nitrogens with one attached hydrogen (secondary N) is 1. The molecule has 1 aliphatic rings. The van der Waals surface area contributed by atoms with Crippen LogP contribution in [0.25, 0.3) is 11.5 Å². The Kier molecular flexibility index (Phi) is 4.94. The summed E-state index contributed by atoms with van der Waals surface area (Å²) >= 11 is 0. The molecule has 1 fully saturated rings. The number of rotatable bonds is 4. The van der Waals surface area contributed by atoms with E-state index in [1.165, 1.54) is 19.8 Å². The molecule has 1 aliphatic heterocycles. The van der Waals surface area contributed by atoms with Crippen LogP contribution in [0.2, 0.25) is 0 Å². The third kappa shape index (κ3) is 4.00. The Morgan fingerprint density at radius 3 is 2.79 bits per heavy atom. The predicted octanol–water partition coefficient (Wildman–Crippen LogP) is 2.89. The monoisotopic (exact) mass is 328 g/mol. The fourth-order valence-corrected chi connectivity index (χ4v) is 3.16. The predicted molar refractivity (Wildman–Crippen MR) is 92.7 cm³/mol. The Morgan fingerprint density at radius 2 is 2.12 bits per heavy atom. The van der Waals surface area contributed by atoms with Crippen molar-refractivity contribution in [2.45, 2.75) is 33.1 Å². The zero-order chi connectivity index (χ0) is 17.1. The summed E-state index contributed by atoms with van der Waals surface area (Å²) in [6.45, 7) is 5.75. The lowest BCUT2D eigenvalue weighted by atomic mass is 9.93. The van der Waals surface area contributed by atoms with E-state index in [2.05, 4.69) is 27.4 Å². The molecule has 2 aromatic rings. The van der Waals surface area contributed by atoms with E-state index in [1.807, 2.05) is 25.1 Å². The summed E-state index contributed by atoms with van der Waals surface area (Å²) in [7, 11) is 2.16. The molecular weight excluding hydrogens is 304 g/mol. The molecule has 6 heteroatoms. The van der Waals surface area contributed by atoms with Gasteiger partial charge in [-0.1, -0.05) is 5.16 Å². The number of aryl methyl sites for hydroxylation is 1. The molecule has 1 N–H and O–H groups in total. The highest BCUT2D eigenvalue weighted by Gasteiger charge is 2.20. The highest BCUT2D eigenvalue weighted by Crippen LogP contribution is 2.26. The van der Waals surface area contributed by atoms with Crippen molar-refractivity contribution in [1.29, 1.82) is 0 Å². The molecule has 0 unspecified atom stereocenters. The number of aromatic nitrogens is 2. The van der Waals surface area contributed by atoms with Gasteiger partial charge in [0.25, 0.3) is 5.89 Å². The van der Waals surface area contributed by atoms with E-state index in [4.69, 9.17) is 4.52 Å². The van der Waals surface area contributed by atoms with Crippen LogP contribution in [0, 0.1) is 12.8 Å². The molecule has 2 heterocycles. The van der Waals surface area contributed by atoms with Crippen molar-refractivity contribution in [2.24, 2.45) is 5.92 Å². The van der Waals surface area contributed by atoms with Crippen LogP contribution >= 0.6 is 0 Å². The van der Waals surface area contributed by atoms with Crippen LogP contribution in [0.3, 0.4) is 0 Å². The number of carbonyl (C=O) groups is 1. The molecule has 0 radical (unpaired) electrons. The van der Waals surface area contributed by atoms with Crippen LogP contribution in [0.4, 0.5) is 5.69 Å². The maximum Gasteiger partial charge on any atom is 0.258 e. The van der Waals surface area contributed by atoms with Gasteiger partial charge in [-0.3, -0.25) is 4.79 Å². The van der Waals surface area contributed by atoms with Crippen molar-refractivity contribution in [3.05, 3.63) is 29.6 Å². The number of carbonyl (C=O) groups excluding carboxylic acids is 1. The molecule has 1 saturated heterocycles. The number of hydrogen-bond donors (Lipinski definition) is 1. The molecule has 1 amide bonds. The second kappa shape index (κ2) is 7.13. The molecule has 0 saturated carbocycles. The van der Waals surface area contributed by atoms with Gasteiger partial charge in [0.15, 0.2) is 5.82 Å². The maximum absolute atomic E-state index is 11.1. The van der Waals surface area contributed by atoms with Gasteiger partial charge in [-0.2, -0.15) is 4.98 Å². The summed E-state index contributed by atoms with van der Waals surface area (Å²) in [5, 5.41) is 6.93. The Labute approximate surface area is 142 Å². The maximum atomic E-state index is 11.1. The van der Waals surface area contributed by atoms with Crippen LogP contribution in [0.15, 0.2) is 22.7 Å². The summed E-state index contributed by atoms with van der Waals surface area (Å²) in [4.78, 5) is 18.1. The molecule has 1 aromatic heterocycles. The van der Waals surface area contributed by atoms with E-state index < -0.39 is 0 Å². The Balaban J connectivity index is 1.70. The van der Waals surface area contributed by atoms with Gasteiger partial charge in [0.2, 0.25) is 5.91 Å². The average Bonchev–Trinajstić information content (AvgIpc) is 2.97. The van der Waals surface area contributed by atoms with Crippen molar-refractivity contribution >= 4 is 11.6 Å². The third-order valence-electron chi connectivity index (χ3n) is 4.55. The van der Waals surface area contributed by atoms with Crippen molar-refractivity contribution in [3.8, 4) is 11.5 Å². The lowest BCUT2D eigenvalue weighted by Crippen LogP contribution is -2.31. The largest absolute Gasteiger partial charge is 0.334 e. The molecule has 0 atom stereocenters. The Hall–Kier alpha value is -2.21. The van der Waals surface area contributed by atoms with Crippen LogP contribution in [0.5, 0.6) is 0 Å². The first-order valence-electron chi connectivity index (χ1n) is 8.41.